The number of aromatic nitrogens is 2. The van der Waals surface area contributed by atoms with Crippen LogP contribution in [0.5, 0.6) is 0 Å². The van der Waals surface area contributed by atoms with Crippen LogP contribution in [-0.4, -0.2) is 9.55 Å². The Balaban J connectivity index is 2.44. The van der Waals surface area contributed by atoms with Crippen molar-refractivity contribution in [2.24, 2.45) is 0 Å². The molecule has 3 aromatic rings. The summed E-state index contributed by atoms with van der Waals surface area (Å²) in [6, 6.07) is 7.48. The zero-order chi connectivity index (χ0) is 15.1. The van der Waals surface area contributed by atoms with Gasteiger partial charge in [0.05, 0.1) is 16.6 Å². The SMILES string of the molecule is O=c1c2ccccc2[nH]c(=S)n1-c1cc(F)c(F)cc1F. The van der Waals surface area contributed by atoms with Crippen LogP contribution in [0.2, 0.25) is 0 Å². The number of benzene rings is 2. The average molecular weight is 308 g/mol. The Kier molecular flexibility index (Phi) is 3.13. The minimum absolute atomic E-state index is 0.108. The van der Waals surface area contributed by atoms with E-state index in [1.54, 1.807) is 18.2 Å². The van der Waals surface area contributed by atoms with Crippen molar-refractivity contribution in [1.82, 2.24) is 9.55 Å². The van der Waals surface area contributed by atoms with Crippen LogP contribution in [-0.2, 0) is 0 Å². The number of para-hydroxylation sites is 1. The molecule has 0 radical (unpaired) electrons. The van der Waals surface area contributed by atoms with Crippen molar-refractivity contribution in [1.29, 1.82) is 0 Å². The summed E-state index contributed by atoms with van der Waals surface area (Å²) in [5, 5.41) is 0.259. The highest BCUT2D eigenvalue weighted by molar-refractivity contribution is 7.71. The van der Waals surface area contributed by atoms with Crippen molar-refractivity contribution in [3.05, 3.63) is 69.0 Å². The maximum absolute atomic E-state index is 13.8. The highest BCUT2D eigenvalue weighted by atomic mass is 32.1. The highest BCUT2D eigenvalue weighted by Crippen LogP contribution is 2.18. The van der Waals surface area contributed by atoms with Crippen molar-refractivity contribution < 1.29 is 13.2 Å². The molecule has 1 heterocycles. The molecule has 7 heteroatoms. The molecular formula is C14H7F3N2OS. The molecule has 106 valence electrons. The molecule has 3 nitrogen and oxygen atoms in total. The lowest BCUT2D eigenvalue weighted by molar-refractivity contribution is 0.492. The minimum Gasteiger partial charge on any atom is -0.331 e. The van der Waals surface area contributed by atoms with Gasteiger partial charge in [-0.3, -0.25) is 4.79 Å². The van der Waals surface area contributed by atoms with Crippen LogP contribution in [0, 0.1) is 22.2 Å². The fourth-order valence-electron chi connectivity index (χ4n) is 2.06. The van der Waals surface area contributed by atoms with E-state index in [0.717, 1.165) is 4.57 Å². The molecular weight excluding hydrogens is 301 g/mol. The lowest BCUT2D eigenvalue weighted by Gasteiger charge is -2.09. The summed E-state index contributed by atoms with van der Waals surface area (Å²) in [6.45, 7) is 0. The fraction of sp³-hybridized carbons (Fsp3) is 0. The zero-order valence-corrected chi connectivity index (χ0v) is 11.2. The van der Waals surface area contributed by atoms with E-state index in [0.29, 0.717) is 17.6 Å². The third kappa shape index (κ3) is 2.15. The summed E-state index contributed by atoms with van der Waals surface area (Å²) < 4.78 is 40.9. The van der Waals surface area contributed by atoms with E-state index in [9.17, 15) is 18.0 Å². The summed E-state index contributed by atoms with van der Waals surface area (Å²) in [4.78, 5) is 15.1. The quantitative estimate of drug-likeness (QED) is 0.552. The second-order valence-corrected chi connectivity index (χ2v) is 4.72. The molecule has 0 atom stereocenters. The molecule has 0 aliphatic rings. The van der Waals surface area contributed by atoms with Crippen molar-refractivity contribution in [2.45, 2.75) is 0 Å². The molecule has 0 saturated heterocycles. The molecule has 0 saturated carbocycles. The molecule has 0 unspecified atom stereocenters. The molecule has 1 aromatic heterocycles. The first-order valence-corrected chi connectivity index (χ1v) is 6.29. The van der Waals surface area contributed by atoms with Crippen molar-refractivity contribution in [3.63, 3.8) is 0 Å². The third-order valence-electron chi connectivity index (χ3n) is 3.04. The van der Waals surface area contributed by atoms with E-state index in [2.05, 4.69) is 4.98 Å². The summed E-state index contributed by atoms with van der Waals surface area (Å²) in [6.07, 6.45) is 0. The van der Waals surface area contributed by atoms with E-state index in [1.165, 1.54) is 6.07 Å². The number of nitrogens with one attached hydrogen (secondary N) is 1. The number of halogens is 3. The van der Waals surface area contributed by atoms with Gasteiger partial charge in [0.25, 0.3) is 5.56 Å². The molecule has 0 aliphatic heterocycles. The Hall–Kier alpha value is -2.41. The fourth-order valence-corrected chi connectivity index (χ4v) is 2.36. The van der Waals surface area contributed by atoms with E-state index in [4.69, 9.17) is 12.2 Å². The van der Waals surface area contributed by atoms with Gasteiger partial charge in [0, 0.05) is 12.1 Å². The van der Waals surface area contributed by atoms with E-state index >= 15 is 0 Å². The van der Waals surface area contributed by atoms with Gasteiger partial charge in [-0.1, -0.05) is 12.1 Å². The van der Waals surface area contributed by atoms with Gasteiger partial charge in [0.2, 0.25) is 0 Å². The molecule has 0 spiro atoms. The van der Waals surface area contributed by atoms with Gasteiger partial charge in [-0.25, -0.2) is 17.7 Å². The standard InChI is InChI=1S/C14H7F3N2OS/c15-8-5-10(17)12(6-9(8)16)19-13(20)7-3-1-2-4-11(7)18-14(19)21/h1-6H,(H,18,21). The van der Waals surface area contributed by atoms with E-state index in [1.807, 2.05) is 0 Å². The van der Waals surface area contributed by atoms with Crippen LogP contribution in [0.25, 0.3) is 16.6 Å². The smallest absolute Gasteiger partial charge is 0.266 e. The van der Waals surface area contributed by atoms with Gasteiger partial charge < -0.3 is 4.98 Å². The second kappa shape index (κ2) is 4.85. The molecule has 21 heavy (non-hydrogen) atoms. The predicted octanol–water partition coefficient (Wildman–Crippen LogP) is 3.47. The first kappa shape index (κ1) is 13.6. The number of hydrogen-bond donors (Lipinski definition) is 1. The summed E-state index contributed by atoms with van der Waals surface area (Å²) >= 11 is 5.01. The third-order valence-corrected chi connectivity index (χ3v) is 3.32. The first-order valence-electron chi connectivity index (χ1n) is 5.88. The molecule has 1 N–H and O–H groups in total. The molecule has 2 aromatic carbocycles. The van der Waals surface area contributed by atoms with Crippen LogP contribution in [0.3, 0.4) is 0 Å². The zero-order valence-electron chi connectivity index (χ0n) is 10.4. The maximum atomic E-state index is 13.8. The van der Waals surface area contributed by atoms with Gasteiger partial charge in [0.1, 0.15) is 0 Å². The summed E-state index contributed by atoms with van der Waals surface area (Å²) in [5.41, 5.74) is -0.572. The Morgan fingerprint density at radius 2 is 1.67 bits per heavy atom. The Bertz CT molecular complexity index is 978. The van der Waals surface area contributed by atoms with Gasteiger partial charge in [-0.15, -0.1) is 0 Å². The maximum Gasteiger partial charge on any atom is 0.266 e. The van der Waals surface area contributed by atoms with Crippen molar-refractivity contribution >= 4 is 23.1 Å². The molecule has 0 bridgehead atoms. The molecule has 0 fully saturated rings. The van der Waals surface area contributed by atoms with Gasteiger partial charge in [-0.05, 0) is 24.4 Å². The van der Waals surface area contributed by atoms with Gasteiger partial charge in [0.15, 0.2) is 22.2 Å². The van der Waals surface area contributed by atoms with Gasteiger partial charge >= 0.3 is 0 Å². The number of hydrogen-bond acceptors (Lipinski definition) is 2. The molecule has 0 aliphatic carbocycles. The van der Waals surface area contributed by atoms with E-state index in [-0.39, 0.29) is 10.2 Å². The summed E-state index contributed by atoms with van der Waals surface area (Å²) in [5.74, 6) is -3.67. The average Bonchev–Trinajstić information content (AvgIpc) is 2.44. The van der Waals surface area contributed by atoms with Crippen LogP contribution >= 0.6 is 12.2 Å². The Morgan fingerprint density at radius 1 is 1.00 bits per heavy atom. The van der Waals surface area contributed by atoms with Crippen LogP contribution in [0.4, 0.5) is 13.2 Å². The van der Waals surface area contributed by atoms with Crippen molar-refractivity contribution in [2.75, 3.05) is 0 Å². The van der Waals surface area contributed by atoms with Crippen LogP contribution < -0.4 is 5.56 Å². The Morgan fingerprint density at radius 3 is 2.43 bits per heavy atom. The van der Waals surface area contributed by atoms with Crippen LogP contribution in [0.1, 0.15) is 0 Å². The van der Waals surface area contributed by atoms with Crippen molar-refractivity contribution in [3.8, 4) is 5.69 Å². The van der Waals surface area contributed by atoms with Gasteiger partial charge in [-0.2, -0.15) is 0 Å². The number of rotatable bonds is 1. The van der Waals surface area contributed by atoms with E-state index < -0.39 is 28.7 Å². The monoisotopic (exact) mass is 308 g/mol. The number of aromatic amines is 1. The number of H-pyrrole nitrogens is 1. The molecule has 0 amide bonds. The topological polar surface area (TPSA) is 37.8 Å². The lowest BCUT2D eigenvalue weighted by Crippen LogP contribution is -2.21. The predicted molar refractivity (Wildman–Crippen MR) is 74.6 cm³/mol. The largest absolute Gasteiger partial charge is 0.331 e. The highest BCUT2D eigenvalue weighted by Gasteiger charge is 2.15. The van der Waals surface area contributed by atoms with Crippen LogP contribution in [0.15, 0.2) is 41.2 Å². The lowest BCUT2D eigenvalue weighted by atomic mass is 10.2. The number of fused-ring (bicyclic) bond motifs is 1. The normalized spacial score (nSPS) is 11.0. The first-order chi connectivity index (χ1) is 9.99. The second-order valence-electron chi connectivity index (χ2n) is 4.33. The number of nitrogens with zero attached hydrogens (tertiary/aromatic N) is 1. The minimum atomic E-state index is -1.33. The molecule has 3 rings (SSSR count). The Labute approximate surface area is 121 Å². The summed E-state index contributed by atoms with van der Waals surface area (Å²) in [7, 11) is 0.